The first kappa shape index (κ1) is 6.16. The Labute approximate surface area is 64.5 Å². The zero-order valence-electron chi connectivity index (χ0n) is 5.92. The van der Waals surface area contributed by atoms with Crippen LogP contribution < -0.4 is 5.32 Å². The molecule has 0 spiro atoms. The van der Waals surface area contributed by atoms with Crippen LogP contribution >= 0.6 is 0 Å². The zero-order valence-corrected chi connectivity index (χ0v) is 5.92. The van der Waals surface area contributed by atoms with Crippen LogP contribution in [0.3, 0.4) is 0 Å². The van der Waals surface area contributed by atoms with Crippen LogP contribution in [0.5, 0.6) is 0 Å². The summed E-state index contributed by atoms with van der Waals surface area (Å²) in [5.41, 5.74) is 2.33. The number of fused-ring (bicyclic) bond motifs is 1. The van der Waals surface area contributed by atoms with Crippen LogP contribution in [0.2, 0.25) is 0 Å². The average Bonchev–Trinajstić information content (AvgIpc) is 2.30. The number of benzene rings is 1. The van der Waals surface area contributed by atoms with Crippen LogP contribution in [0.1, 0.15) is 5.56 Å². The molecule has 1 aromatic rings. The summed E-state index contributed by atoms with van der Waals surface area (Å²) in [4.78, 5) is 11.0. The molecule has 1 aliphatic heterocycles. The highest BCUT2D eigenvalue weighted by Crippen LogP contribution is 2.29. The molecule has 0 aliphatic carbocycles. The van der Waals surface area contributed by atoms with Crippen molar-refractivity contribution < 1.29 is 4.79 Å². The highest BCUT2D eigenvalue weighted by molar-refractivity contribution is 6.30. The van der Waals surface area contributed by atoms with E-state index in [1.54, 1.807) is 0 Å². The highest BCUT2D eigenvalue weighted by Gasteiger charge is 2.20. The van der Waals surface area contributed by atoms with Gasteiger partial charge in [0.2, 0.25) is 0 Å². The summed E-state index contributed by atoms with van der Waals surface area (Å²) in [5.74, 6) is -0.0915. The van der Waals surface area contributed by atoms with Gasteiger partial charge < -0.3 is 5.32 Å². The molecule has 0 radical (unpaired) electrons. The molecule has 11 heavy (non-hydrogen) atoms. The summed E-state index contributed by atoms with van der Waals surface area (Å²) in [6.45, 7) is 3.66. The maximum absolute atomic E-state index is 11.0. The van der Waals surface area contributed by atoms with Crippen LogP contribution in [-0.4, -0.2) is 5.91 Å². The number of anilines is 1. The van der Waals surface area contributed by atoms with Gasteiger partial charge >= 0.3 is 0 Å². The lowest BCUT2D eigenvalue weighted by atomic mass is 10.1. The van der Waals surface area contributed by atoms with E-state index in [-0.39, 0.29) is 5.91 Å². The molecule has 0 atom stereocenters. The Hall–Kier alpha value is -1.57. The Morgan fingerprint density at radius 1 is 1.27 bits per heavy atom. The van der Waals surface area contributed by atoms with Crippen molar-refractivity contribution in [2.24, 2.45) is 0 Å². The molecule has 0 aromatic heterocycles. The average molecular weight is 147 g/mol. The van der Waals surface area contributed by atoms with E-state index in [1.165, 1.54) is 0 Å². The quantitative estimate of drug-likeness (QED) is 0.555. The predicted molar refractivity (Wildman–Crippen MR) is 44.1 cm³/mol. The number of hydrogen-bond donors (Lipinski definition) is 1. The first-order chi connectivity index (χ1) is 5.29. The summed E-state index contributed by atoms with van der Waals surface area (Å²) >= 11 is 0. The molecular weight excluding hydrogens is 140 g/mol. The van der Waals surface area contributed by atoms with Crippen LogP contribution in [0.4, 0.5) is 5.69 Å². The maximum atomic E-state index is 11.0. The molecule has 1 heterocycles. The molecule has 2 heteroatoms. The zero-order chi connectivity index (χ0) is 7.84. The number of carbonyl (C=O) groups excluding carboxylic acids is 1. The Bertz CT molecular complexity index is 341. The first-order valence-electron chi connectivity index (χ1n) is 3.39. The minimum atomic E-state index is -0.0915. The molecule has 0 unspecified atom stereocenters. The van der Waals surface area contributed by atoms with Gasteiger partial charge in [0, 0.05) is 16.8 Å². The van der Waals surface area contributed by atoms with Gasteiger partial charge in [-0.25, -0.2) is 0 Å². The summed E-state index contributed by atoms with van der Waals surface area (Å²) in [6, 6.07) is 7.53. The molecule has 1 aliphatic rings. The summed E-state index contributed by atoms with van der Waals surface area (Å²) in [6.07, 6.45) is 0. The lowest BCUT2D eigenvalue weighted by molar-refractivity contribution is -0.110. The van der Waals surface area contributed by atoms with Crippen LogP contribution in [-0.2, 0) is 4.79 Å². The van der Waals surface area contributed by atoms with Crippen molar-refractivity contribution in [1.82, 2.24) is 0 Å². The smallest absolute Gasteiger partial charge is 0.255 e. The first-order valence-corrected chi connectivity index (χ1v) is 3.39. The lowest BCUT2D eigenvalue weighted by Crippen LogP contribution is -2.02. The third kappa shape index (κ3) is 0.759. The van der Waals surface area contributed by atoms with Gasteiger partial charge in [-0.15, -0.1) is 0 Å². The van der Waals surface area contributed by atoms with Gasteiger partial charge in [-0.1, -0.05) is 24.8 Å². The van der Waals surface area contributed by atoms with Gasteiger partial charge in [0.15, 0.2) is 0 Å². The maximum Gasteiger partial charge on any atom is 0.255 e. The standard InChI is InChI=1S/C9H7NO/c1-6-7-4-2-3-5-8(7)10-9(6)11/h2-5H,1H2,(H,10,11)/i1+2. The van der Waals surface area contributed by atoms with Crippen molar-refractivity contribution in [1.29, 1.82) is 0 Å². The van der Waals surface area contributed by atoms with Crippen molar-refractivity contribution in [2.75, 3.05) is 5.32 Å². The molecule has 0 fully saturated rings. The highest BCUT2D eigenvalue weighted by atomic mass is 16.2. The monoisotopic (exact) mass is 147 g/mol. The van der Waals surface area contributed by atoms with Crippen molar-refractivity contribution in [3.05, 3.63) is 36.4 Å². The number of rotatable bonds is 0. The molecule has 0 saturated heterocycles. The van der Waals surface area contributed by atoms with Crippen molar-refractivity contribution in [2.45, 2.75) is 0 Å². The Kier molecular flexibility index (Phi) is 1.09. The topological polar surface area (TPSA) is 29.1 Å². The minimum Gasteiger partial charge on any atom is -0.321 e. The van der Waals surface area contributed by atoms with E-state index >= 15 is 0 Å². The molecule has 1 aromatic carbocycles. The summed E-state index contributed by atoms with van der Waals surface area (Å²) in [7, 11) is 0. The predicted octanol–water partition coefficient (Wildman–Crippen LogP) is 1.65. The van der Waals surface area contributed by atoms with E-state index < -0.39 is 0 Å². The largest absolute Gasteiger partial charge is 0.321 e. The Morgan fingerprint density at radius 3 is 2.73 bits per heavy atom. The van der Waals surface area contributed by atoms with Gasteiger partial charge in [-0.3, -0.25) is 4.79 Å². The fourth-order valence-corrected chi connectivity index (χ4v) is 1.18. The fraction of sp³-hybridized carbons (Fsp3) is 0. The van der Waals surface area contributed by atoms with Crippen molar-refractivity contribution in [3.8, 4) is 0 Å². The number of hydrogen-bond acceptors (Lipinski definition) is 1. The number of nitrogens with one attached hydrogen (secondary N) is 1. The normalized spacial score (nSPS) is 14.5. The third-order valence-corrected chi connectivity index (χ3v) is 1.77. The SMILES string of the molecule is [14CH2]=C1C(=O)Nc2ccccc21. The van der Waals surface area contributed by atoms with Crippen LogP contribution in [0.15, 0.2) is 30.8 Å². The third-order valence-electron chi connectivity index (χ3n) is 1.77. The molecule has 54 valence electrons. The van der Waals surface area contributed by atoms with E-state index in [0.717, 1.165) is 11.3 Å². The summed E-state index contributed by atoms with van der Waals surface area (Å²) in [5, 5.41) is 2.71. The van der Waals surface area contributed by atoms with E-state index in [4.69, 9.17) is 0 Å². The molecule has 2 rings (SSSR count). The van der Waals surface area contributed by atoms with Crippen LogP contribution in [0.25, 0.3) is 5.57 Å². The van der Waals surface area contributed by atoms with E-state index in [9.17, 15) is 4.79 Å². The molecular formula is C9H7NO. The van der Waals surface area contributed by atoms with Gasteiger partial charge in [-0.2, -0.15) is 0 Å². The lowest BCUT2D eigenvalue weighted by Gasteiger charge is -1.93. The molecule has 2 nitrogen and oxygen atoms in total. The Morgan fingerprint density at radius 2 is 2.00 bits per heavy atom. The van der Waals surface area contributed by atoms with E-state index in [1.807, 2.05) is 24.3 Å². The number of amides is 1. The fourth-order valence-electron chi connectivity index (χ4n) is 1.18. The molecule has 0 saturated carbocycles. The van der Waals surface area contributed by atoms with E-state index in [0.29, 0.717) is 5.57 Å². The van der Waals surface area contributed by atoms with Crippen LogP contribution in [0, 0.1) is 0 Å². The second kappa shape index (κ2) is 1.95. The minimum absolute atomic E-state index is 0.0915. The van der Waals surface area contributed by atoms with Gasteiger partial charge in [0.25, 0.3) is 5.91 Å². The number of carbonyl (C=O) groups is 1. The molecule has 1 N–H and O–H groups in total. The number of para-hydroxylation sites is 1. The summed E-state index contributed by atoms with van der Waals surface area (Å²) < 4.78 is 0. The van der Waals surface area contributed by atoms with Gasteiger partial charge in [0.05, 0.1) is 0 Å². The van der Waals surface area contributed by atoms with E-state index in [2.05, 4.69) is 11.9 Å². The van der Waals surface area contributed by atoms with Gasteiger partial charge in [0.1, 0.15) is 0 Å². The van der Waals surface area contributed by atoms with Gasteiger partial charge in [-0.05, 0) is 6.07 Å². The van der Waals surface area contributed by atoms with Crippen molar-refractivity contribution >= 4 is 17.2 Å². The molecule has 0 bridgehead atoms. The Balaban J connectivity index is 2.64. The molecule has 1 amide bonds. The second-order valence-electron chi connectivity index (χ2n) is 2.48. The van der Waals surface area contributed by atoms with Crippen molar-refractivity contribution in [3.63, 3.8) is 0 Å². The second-order valence-corrected chi connectivity index (χ2v) is 2.48.